The van der Waals surface area contributed by atoms with E-state index < -0.39 is 0 Å². The van der Waals surface area contributed by atoms with Gasteiger partial charge < -0.3 is 5.32 Å². The average molecular weight is 268 g/mol. The first kappa shape index (κ1) is 13.1. The van der Waals surface area contributed by atoms with Crippen LogP contribution in [0.2, 0.25) is 5.02 Å². The third kappa shape index (κ3) is 3.09. The van der Waals surface area contributed by atoms with Gasteiger partial charge in [0.2, 0.25) is 0 Å². The van der Waals surface area contributed by atoms with E-state index in [1.165, 1.54) is 12.1 Å². The minimum Gasteiger partial charge on any atom is -0.309 e. The molecule has 0 unspecified atom stereocenters. The highest BCUT2D eigenvalue weighted by Gasteiger charge is 2.09. The lowest BCUT2D eigenvalue weighted by molar-refractivity contribution is 0.580. The third-order valence-electron chi connectivity index (χ3n) is 2.54. The minimum absolute atomic E-state index is 0.346. The first-order chi connectivity index (χ1) is 8.56. The molecule has 0 fully saturated rings. The van der Waals surface area contributed by atoms with E-state index in [0.717, 1.165) is 17.0 Å². The minimum atomic E-state index is -0.346. The lowest BCUT2D eigenvalue weighted by Gasteiger charge is -2.04. The number of hydrogen-bond donors (Lipinski definition) is 2. The number of nitrogens with one attached hydrogen (secondary N) is 2. The molecule has 2 rings (SSSR count). The van der Waals surface area contributed by atoms with E-state index in [0.29, 0.717) is 17.6 Å². The summed E-state index contributed by atoms with van der Waals surface area (Å²) in [5.41, 5.74) is 2.42. The number of aromatic nitrogens is 2. The zero-order valence-corrected chi connectivity index (χ0v) is 11.1. The molecular weight excluding hydrogens is 253 g/mol. The number of H-pyrrole nitrogens is 1. The van der Waals surface area contributed by atoms with Gasteiger partial charge in [0, 0.05) is 23.8 Å². The number of halogens is 2. The molecule has 18 heavy (non-hydrogen) atoms. The predicted octanol–water partition coefficient (Wildman–Crippen LogP) is 3.37. The molecule has 2 N–H and O–H groups in total. The maximum absolute atomic E-state index is 13.0. The lowest BCUT2D eigenvalue weighted by Crippen LogP contribution is -2.21. The molecule has 0 radical (unpaired) electrons. The fourth-order valence-electron chi connectivity index (χ4n) is 1.60. The van der Waals surface area contributed by atoms with Crippen LogP contribution in [-0.2, 0) is 6.54 Å². The van der Waals surface area contributed by atoms with Crippen molar-refractivity contribution in [2.24, 2.45) is 0 Å². The second kappa shape index (κ2) is 5.50. The monoisotopic (exact) mass is 267 g/mol. The second-order valence-electron chi connectivity index (χ2n) is 4.44. The van der Waals surface area contributed by atoms with Crippen molar-refractivity contribution in [1.82, 2.24) is 15.5 Å². The van der Waals surface area contributed by atoms with Gasteiger partial charge >= 0.3 is 0 Å². The van der Waals surface area contributed by atoms with Crippen LogP contribution in [0.15, 0.2) is 24.3 Å². The summed E-state index contributed by atoms with van der Waals surface area (Å²) in [6.45, 7) is 4.87. The summed E-state index contributed by atoms with van der Waals surface area (Å²) in [6.07, 6.45) is 0. The van der Waals surface area contributed by atoms with Crippen LogP contribution in [0.3, 0.4) is 0 Å². The smallest absolute Gasteiger partial charge is 0.124 e. The molecule has 0 amide bonds. The van der Waals surface area contributed by atoms with Gasteiger partial charge in [-0.15, -0.1) is 0 Å². The molecule has 1 aromatic carbocycles. The predicted molar refractivity (Wildman–Crippen MR) is 71.0 cm³/mol. The van der Waals surface area contributed by atoms with E-state index in [9.17, 15) is 4.39 Å². The number of benzene rings is 1. The molecule has 0 atom stereocenters. The van der Waals surface area contributed by atoms with E-state index >= 15 is 0 Å². The van der Waals surface area contributed by atoms with E-state index in [2.05, 4.69) is 29.4 Å². The Morgan fingerprint density at radius 2 is 2.17 bits per heavy atom. The fourth-order valence-corrected chi connectivity index (χ4v) is 1.87. The Labute approximate surface area is 110 Å². The Morgan fingerprint density at radius 3 is 2.83 bits per heavy atom. The first-order valence-electron chi connectivity index (χ1n) is 5.79. The highest BCUT2D eigenvalue weighted by atomic mass is 35.5. The number of hydrogen-bond acceptors (Lipinski definition) is 2. The second-order valence-corrected chi connectivity index (χ2v) is 4.85. The van der Waals surface area contributed by atoms with Crippen LogP contribution in [0.4, 0.5) is 4.39 Å². The Bertz CT molecular complexity index is 537. The molecule has 2 aromatic rings. The zero-order valence-electron chi connectivity index (χ0n) is 10.3. The molecule has 0 aliphatic carbocycles. The number of aromatic amines is 1. The summed E-state index contributed by atoms with van der Waals surface area (Å²) in [5, 5.41) is 10.8. The maximum atomic E-state index is 13.0. The third-order valence-corrected chi connectivity index (χ3v) is 2.85. The van der Waals surface area contributed by atoms with Crippen molar-refractivity contribution in [2.75, 3.05) is 0 Å². The van der Waals surface area contributed by atoms with E-state index in [-0.39, 0.29) is 5.82 Å². The van der Waals surface area contributed by atoms with Crippen molar-refractivity contribution in [3.63, 3.8) is 0 Å². The van der Waals surface area contributed by atoms with Crippen LogP contribution in [0.5, 0.6) is 0 Å². The molecule has 1 heterocycles. The standard InChI is InChI=1S/C13H15ClFN3/c1-8(2)16-7-10-6-13(18-17-10)11-4-3-9(15)5-12(11)14/h3-6,8,16H,7H2,1-2H3,(H,17,18). The van der Waals surface area contributed by atoms with Crippen molar-refractivity contribution in [2.45, 2.75) is 26.4 Å². The van der Waals surface area contributed by atoms with Crippen molar-refractivity contribution in [3.05, 3.63) is 40.8 Å². The Kier molecular flexibility index (Phi) is 3.99. The van der Waals surface area contributed by atoms with Crippen LogP contribution >= 0.6 is 11.6 Å². The quantitative estimate of drug-likeness (QED) is 0.892. The SMILES string of the molecule is CC(C)NCc1cc(-c2ccc(F)cc2Cl)n[nH]1. The molecular formula is C13H15ClFN3. The number of rotatable bonds is 4. The van der Waals surface area contributed by atoms with Gasteiger partial charge in [0.1, 0.15) is 5.82 Å². The topological polar surface area (TPSA) is 40.7 Å². The molecule has 3 nitrogen and oxygen atoms in total. The van der Waals surface area contributed by atoms with Crippen molar-refractivity contribution in [1.29, 1.82) is 0 Å². The van der Waals surface area contributed by atoms with Crippen molar-refractivity contribution >= 4 is 11.6 Å². The molecule has 0 aliphatic rings. The molecule has 96 valence electrons. The maximum Gasteiger partial charge on any atom is 0.124 e. The summed E-state index contributed by atoms with van der Waals surface area (Å²) >= 11 is 5.99. The summed E-state index contributed by atoms with van der Waals surface area (Å²) < 4.78 is 13.0. The van der Waals surface area contributed by atoms with Gasteiger partial charge in [0.25, 0.3) is 0 Å². The van der Waals surface area contributed by atoms with Crippen LogP contribution < -0.4 is 5.32 Å². The molecule has 0 bridgehead atoms. The van der Waals surface area contributed by atoms with Gasteiger partial charge in [0.15, 0.2) is 0 Å². The van der Waals surface area contributed by atoms with Crippen LogP contribution in [0.25, 0.3) is 11.3 Å². The van der Waals surface area contributed by atoms with Gasteiger partial charge in [-0.1, -0.05) is 25.4 Å². The Hall–Kier alpha value is -1.39. The van der Waals surface area contributed by atoms with Gasteiger partial charge in [-0.2, -0.15) is 5.10 Å². The van der Waals surface area contributed by atoms with E-state index in [1.54, 1.807) is 6.07 Å². The van der Waals surface area contributed by atoms with E-state index in [4.69, 9.17) is 11.6 Å². The summed E-state index contributed by atoms with van der Waals surface area (Å²) in [6, 6.07) is 6.62. The fraction of sp³-hybridized carbons (Fsp3) is 0.308. The van der Waals surface area contributed by atoms with Gasteiger partial charge in [0.05, 0.1) is 10.7 Å². The average Bonchev–Trinajstić information content (AvgIpc) is 2.75. The Morgan fingerprint density at radius 1 is 1.39 bits per heavy atom. The van der Waals surface area contributed by atoms with Gasteiger partial charge in [-0.3, -0.25) is 5.10 Å². The van der Waals surface area contributed by atoms with Gasteiger partial charge in [-0.25, -0.2) is 4.39 Å². The Balaban J connectivity index is 2.18. The molecule has 0 saturated heterocycles. The largest absolute Gasteiger partial charge is 0.309 e. The molecule has 0 spiro atoms. The lowest BCUT2D eigenvalue weighted by atomic mass is 10.1. The highest BCUT2D eigenvalue weighted by molar-refractivity contribution is 6.33. The van der Waals surface area contributed by atoms with Crippen LogP contribution in [0.1, 0.15) is 19.5 Å². The molecule has 1 aromatic heterocycles. The summed E-state index contributed by atoms with van der Waals surface area (Å²) in [5.74, 6) is -0.346. The number of nitrogens with zero attached hydrogens (tertiary/aromatic N) is 1. The zero-order chi connectivity index (χ0) is 13.1. The summed E-state index contributed by atoms with van der Waals surface area (Å²) in [4.78, 5) is 0. The first-order valence-corrected chi connectivity index (χ1v) is 6.17. The highest BCUT2D eigenvalue weighted by Crippen LogP contribution is 2.27. The van der Waals surface area contributed by atoms with Gasteiger partial charge in [-0.05, 0) is 24.3 Å². The van der Waals surface area contributed by atoms with Crippen LogP contribution in [0, 0.1) is 5.82 Å². The van der Waals surface area contributed by atoms with Crippen molar-refractivity contribution in [3.8, 4) is 11.3 Å². The summed E-state index contributed by atoms with van der Waals surface area (Å²) in [7, 11) is 0. The van der Waals surface area contributed by atoms with Crippen molar-refractivity contribution < 1.29 is 4.39 Å². The van der Waals surface area contributed by atoms with Crippen LogP contribution in [-0.4, -0.2) is 16.2 Å². The molecule has 0 saturated carbocycles. The molecule has 0 aliphatic heterocycles. The normalized spacial score (nSPS) is 11.2. The molecule has 5 heteroatoms. The van der Waals surface area contributed by atoms with E-state index in [1.807, 2.05) is 6.07 Å².